The number of benzene rings is 1. The number of allylic oxidation sites excluding steroid dienone is 2. The molecule has 0 heterocycles. The fraction of sp³-hybridized carbons (Fsp3) is 0.333. The predicted molar refractivity (Wildman–Crippen MR) is 82.9 cm³/mol. The number of carbonyl (C=O) groups is 2. The van der Waals surface area contributed by atoms with E-state index in [0.717, 1.165) is 23.9 Å². The van der Waals surface area contributed by atoms with Crippen LogP contribution < -0.4 is 5.32 Å². The fourth-order valence-electron chi connectivity index (χ4n) is 1.62. The molecule has 0 fully saturated rings. The first-order valence-electron chi connectivity index (χ1n) is 6.36. The fourth-order valence-corrected chi connectivity index (χ4v) is 2.38. The van der Waals surface area contributed by atoms with Crippen molar-refractivity contribution >= 4 is 29.1 Å². The lowest BCUT2D eigenvalue weighted by atomic mass is 10.1. The van der Waals surface area contributed by atoms with Crippen molar-refractivity contribution in [2.45, 2.75) is 27.2 Å². The van der Waals surface area contributed by atoms with Crippen LogP contribution in [0.15, 0.2) is 34.9 Å². The number of anilines is 1. The van der Waals surface area contributed by atoms with Gasteiger partial charge in [0.2, 0.25) is 5.91 Å². The molecule has 4 nitrogen and oxygen atoms in total. The molecule has 20 heavy (non-hydrogen) atoms. The molecule has 0 aliphatic carbocycles. The average molecular weight is 293 g/mol. The van der Waals surface area contributed by atoms with E-state index in [-0.39, 0.29) is 28.1 Å². The van der Waals surface area contributed by atoms with Crippen LogP contribution in [0.25, 0.3) is 0 Å². The van der Waals surface area contributed by atoms with Crippen LogP contribution >= 0.6 is 11.8 Å². The Kier molecular flexibility index (Phi) is 6.31. The summed E-state index contributed by atoms with van der Waals surface area (Å²) in [6.45, 7) is 4.87. The second kappa shape index (κ2) is 7.75. The molecule has 1 aromatic carbocycles. The van der Waals surface area contributed by atoms with Gasteiger partial charge in [-0.2, -0.15) is 0 Å². The lowest BCUT2D eigenvalue weighted by molar-refractivity contribution is -0.114. The van der Waals surface area contributed by atoms with E-state index in [0.29, 0.717) is 0 Å². The summed E-state index contributed by atoms with van der Waals surface area (Å²) >= 11 is 1.04. The number of carbonyl (C=O) groups excluding carboxylic acids is 2. The number of aliphatic hydroxyl groups excluding tert-OH is 1. The highest BCUT2D eigenvalue weighted by Crippen LogP contribution is 2.20. The Morgan fingerprint density at radius 2 is 1.80 bits per heavy atom. The van der Waals surface area contributed by atoms with Gasteiger partial charge in [0.25, 0.3) is 0 Å². The second-order valence-corrected chi connectivity index (χ2v) is 5.34. The number of hydrogen-bond donors (Lipinski definition) is 2. The molecule has 1 aromatic rings. The third kappa shape index (κ3) is 5.09. The van der Waals surface area contributed by atoms with Crippen LogP contribution in [-0.2, 0) is 16.0 Å². The molecule has 2 N–H and O–H groups in total. The first-order valence-corrected chi connectivity index (χ1v) is 7.35. The van der Waals surface area contributed by atoms with Crippen molar-refractivity contribution in [2.75, 3.05) is 11.1 Å². The smallest absolute Gasteiger partial charge is 0.234 e. The van der Waals surface area contributed by atoms with Gasteiger partial charge in [-0.05, 0) is 38.0 Å². The number of hydrogen-bond acceptors (Lipinski definition) is 4. The Bertz CT molecular complexity index is 516. The third-order valence-electron chi connectivity index (χ3n) is 2.64. The molecule has 0 saturated carbocycles. The number of rotatable bonds is 6. The number of Topliss-reactive ketones (excluding diaryl/α,β-unsaturated/α-hetero) is 1. The van der Waals surface area contributed by atoms with Crippen molar-refractivity contribution in [1.29, 1.82) is 0 Å². The van der Waals surface area contributed by atoms with Crippen molar-refractivity contribution in [2.24, 2.45) is 0 Å². The average Bonchev–Trinajstić information content (AvgIpc) is 2.39. The van der Waals surface area contributed by atoms with Crippen molar-refractivity contribution in [1.82, 2.24) is 0 Å². The molecular formula is C15H19NO3S. The zero-order chi connectivity index (χ0) is 15.1. The topological polar surface area (TPSA) is 66.4 Å². The van der Waals surface area contributed by atoms with Gasteiger partial charge in [-0.1, -0.05) is 19.1 Å². The van der Waals surface area contributed by atoms with Gasteiger partial charge in [-0.25, -0.2) is 0 Å². The van der Waals surface area contributed by atoms with Gasteiger partial charge < -0.3 is 10.4 Å². The van der Waals surface area contributed by atoms with Gasteiger partial charge >= 0.3 is 0 Å². The highest BCUT2D eigenvalue weighted by atomic mass is 32.2. The SMILES string of the molecule is CCc1ccc(NC(=O)CSC(C(C)=O)=C(C)O)cc1. The van der Waals surface area contributed by atoms with E-state index in [4.69, 9.17) is 0 Å². The third-order valence-corrected chi connectivity index (χ3v) is 3.92. The molecule has 5 heteroatoms. The monoisotopic (exact) mass is 293 g/mol. The zero-order valence-electron chi connectivity index (χ0n) is 11.9. The number of aliphatic hydroxyl groups is 1. The van der Waals surface area contributed by atoms with Crippen LogP contribution in [0.3, 0.4) is 0 Å². The van der Waals surface area contributed by atoms with Crippen molar-refractivity contribution < 1.29 is 14.7 Å². The molecule has 0 radical (unpaired) electrons. The van der Waals surface area contributed by atoms with Gasteiger partial charge in [-0.15, -0.1) is 11.8 Å². The predicted octanol–water partition coefficient (Wildman–Crippen LogP) is 3.30. The van der Waals surface area contributed by atoms with Crippen molar-refractivity contribution in [3.63, 3.8) is 0 Å². The van der Waals surface area contributed by atoms with E-state index in [1.807, 2.05) is 24.3 Å². The number of thioether (sulfide) groups is 1. The number of nitrogens with one attached hydrogen (secondary N) is 1. The van der Waals surface area contributed by atoms with E-state index in [1.165, 1.54) is 19.4 Å². The summed E-state index contributed by atoms with van der Waals surface area (Å²) in [5, 5.41) is 12.1. The number of aryl methyl sites for hydroxylation is 1. The van der Waals surface area contributed by atoms with Crippen molar-refractivity contribution in [3.05, 3.63) is 40.5 Å². The van der Waals surface area contributed by atoms with Gasteiger partial charge in [-0.3, -0.25) is 9.59 Å². The van der Waals surface area contributed by atoms with Crippen LogP contribution in [0.2, 0.25) is 0 Å². The van der Waals surface area contributed by atoms with Crippen LogP contribution in [0.4, 0.5) is 5.69 Å². The first-order chi connectivity index (χ1) is 9.43. The largest absolute Gasteiger partial charge is 0.511 e. The molecule has 0 atom stereocenters. The minimum absolute atomic E-state index is 0.0531. The Hall–Kier alpha value is -1.75. The maximum Gasteiger partial charge on any atom is 0.234 e. The molecule has 0 aliphatic heterocycles. The lowest BCUT2D eigenvalue weighted by Crippen LogP contribution is -2.15. The van der Waals surface area contributed by atoms with E-state index in [1.54, 1.807) is 0 Å². The maximum absolute atomic E-state index is 11.8. The minimum Gasteiger partial charge on any atom is -0.511 e. The zero-order valence-corrected chi connectivity index (χ0v) is 12.7. The summed E-state index contributed by atoms with van der Waals surface area (Å²) in [6.07, 6.45) is 0.951. The van der Waals surface area contributed by atoms with Gasteiger partial charge in [0, 0.05) is 5.69 Å². The minimum atomic E-state index is -0.241. The van der Waals surface area contributed by atoms with E-state index >= 15 is 0 Å². The van der Waals surface area contributed by atoms with Gasteiger partial charge in [0.1, 0.15) is 5.76 Å². The second-order valence-electron chi connectivity index (χ2n) is 4.36. The van der Waals surface area contributed by atoms with Crippen LogP contribution in [-0.4, -0.2) is 22.5 Å². The summed E-state index contributed by atoms with van der Waals surface area (Å²) in [5.74, 6) is -0.417. The van der Waals surface area contributed by atoms with E-state index < -0.39 is 0 Å². The lowest BCUT2D eigenvalue weighted by Gasteiger charge is -2.07. The summed E-state index contributed by atoms with van der Waals surface area (Å²) in [5.41, 5.74) is 1.93. The summed E-state index contributed by atoms with van der Waals surface area (Å²) < 4.78 is 0. The van der Waals surface area contributed by atoms with Crippen molar-refractivity contribution in [3.8, 4) is 0 Å². The highest BCUT2D eigenvalue weighted by molar-refractivity contribution is 8.04. The highest BCUT2D eigenvalue weighted by Gasteiger charge is 2.11. The normalized spacial score (nSPS) is 11.8. The van der Waals surface area contributed by atoms with E-state index in [2.05, 4.69) is 12.2 Å². The molecule has 0 aliphatic rings. The Labute approximate surface area is 123 Å². The molecule has 0 bridgehead atoms. The molecule has 0 aromatic heterocycles. The molecule has 0 spiro atoms. The number of ketones is 1. The molecule has 1 rings (SSSR count). The van der Waals surface area contributed by atoms with Crippen LogP contribution in [0.5, 0.6) is 0 Å². The Morgan fingerprint density at radius 1 is 1.20 bits per heavy atom. The first kappa shape index (κ1) is 16.3. The summed E-state index contributed by atoms with van der Waals surface area (Å²) in [6, 6.07) is 7.61. The number of amides is 1. The van der Waals surface area contributed by atoms with Crippen LogP contribution in [0.1, 0.15) is 26.3 Å². The molecule has 0 unspecified atom stereocenters. The van der Waals surface area contributed by atoms with Gasteiger partial charge in [0.05, 0.1) is 10.7 Å². The molecule has 108 valence electrons. The summed E-state index contributed by atoms with van der Waals surface area (Å²) in [4.78, 5) is 23.2. The molecular weight excluding hydrogens is 274 g/mol. The quantitative estimate of drug-likeness (QED) is 0.624. The van der Waals surface area contributed by atoms with Gasteiger partial charge in [0.15, 0.2) is 5.78 Å². The summed E-state index contributed by atoms with van der Waals surface area (Å²) in [7, 11) is 0. The van der Waals surface area contributed by atoms with Crippen LogP contribution in [0, 0.1) is 0 Å². The maximum atomic E-state index is 11.8. The standard InChI is InChI=1S/C15H19NO3S/c1-4-12-5-7-13(8-6-12)16-14(19)9-20-15(10(2)17)11(3)18/h5-8,17H,4,9H2,1-3H3,(H,16,19). The molecule has 1 amide bonds. The Morgan fingerprint density at radius 3 is 2.25 bits per heavy atom. The van der Waals surface area contributed by atoms with E-state index in [9.17, 15) is 14.7 Å². The molecule has 0 saturated heterocycles. The Balaban J connectivity index is 2.55.